The minimum absolute atomic E-state index is 0.197. The van der Waals surface area contributed by atoms with Gasteiger partial charge in [0.2, 0.25) is 0 Å². The number of aromatic nitrogens is 4. The molecule has 8 bridgehead atoms. The number of aryl methyl sites for hydroxylation is 7. The van der Waals surface area contributed by atoms with Gasteiger partial charge in [-0.25, -0.2) is 14.8 Å². The summed E-state index contributed by atoms with van der Waals surface area (Å²) in [6, 6.07) is 54.1. The van der Waals surface area contributed by atoms with Crippen LogP contribution in [-0.4, -0.2) is 31.0 Å². The SMILES string of the molecule is Cc1ccc(N(c2ccc(C)cc2)c2c3nc(c(C#Cc4ccc(C(=O)O)cc4)c4ccc([nH]4)c(-c4c(C)cc(C)cc4C)c4nc(c(N(c5ccc(C)cc5)c5ccc(C)cc5)c5ccc2[nH]5)C=C4)C=C3)cc1. The number of aromatic carboxylic acids is 1. The van der Waals surface area contributed by atoms with E-state index in [4.69, 9.17) is 9.97 Å². The Kier molecular flexibility index (Phi) is 12.2. The van der Waals surface area contributed by atoms with E-state index < -0.39 is 5.97 Å². The molecule has 0 fully saturated rings. The van der Waals surface area contributed by atoms with E-state index in [1.54, 1.807) is 24.3 Å². The molecule has 360 valence electrons. The fraction of sp³-hybridized carbons (Fsp3) is 0.106. The van der Waals surface area contributed by atoms with Crippen molar-refractivity contribution in [1.82, 2.24) is 19.9 Å². The first-order valence-corrected chi connectivity index (χ1v) is 24.8. The van der Waals surface area contributed by atoms with Crippen molar-refractivity contribution in [3.8, 4) is 23.0 Å². The second kappa shape index (κ2) is 19.3. The second-order valence-electron chi connectivity index (χ2n) is 19.4. The maximum absolute atomic E-state index is 11.8. The first kappa shape index (κ1) is 46.9. The lowest BCUT2D eigenvalue weighted by molar-refractivity contribution is 0.0697. The van der Waals surface area contributed by atoms with E-state index in [0.29, 0.717) is 16.8 Å². The van der Waals surface area contributed by atoms with Gasteiger partial charge in [-0.15, -0.1) is 0 Å². The maximum Gasteiger partial charge on any atom is 0.335 e. The maximum atomic E-state index is 11.8. The van der Waals surface area contributed by atoms with Gasteiger partial charge in [-0.1, -0.05) is 100 Å². The highest BCUT2D eigenvalue weighted by Crippen LogP contribution is 2.45. The number of hydrogen-bond acceptors (Lipinski definition) is 5. The van der Waals surface area contributed by atoms with Crippen molar-refractivity contribution >= 4 is 86.5 Å². The summed E-state index contributed by atoms with van der Waals surface area (Å²) in [4.78, 5) is 35.4. The molecule has 11 rings (SSSR count). The Morgan fingerprint density at radius 2 is 0.811 bits per heavy atom. The lowest BCUT2D eigenvalue weighted by atomic mass is 9.92. The Morgan fingerprint density at radius 3 is 1.27 bits per heavy atom. The average Bonchev–Trinajstić information content (AvgIpc) is 4.26. The fourth-order valence-electron chi connectivity index (χ4n) is 10.0. The molecule has 0 radical (unpaired) electrons. The fourth-order valence-corrected chi connectivity index (χ4v) is 10.0. The normalized spacial score (nSPS) is 11.6. The molecule has 0 spiro atoms. The summed E-state index contributed by atoms with van der Waals surface area (Å²) in [5.74, 6) is 5.87. The zero-order chi connectivity index (χ0) is 51.2. The van der Waals surface area contributed by atoms with E-state index in [9.17, 15) is 9.90 Å². The van der Waals surface area contributed by atoms with Crippen LogP contribution < -0.4 is 9.80 Å². The number of anilines is 6. The van der Waals surface area contributed by atoms with E-state index in [2.05, 4.69) is 232 Å². The van der Waals surface area contributed by atoms with Gasteiger partial charge in [0.05, 0.1) is 61.8 Å². The van der Waals surface area contributed by atoms with Gasteiger partial charge in [0.15, 0.2) is 0 Å². The third-order valence-corrected chi connectivity index (χ3v) is 13.7. The topological polar surface area (TPSA) is 101 Å². The molecule has 8 heteroatoms. The standard InChI is InChI=1S/C66H54N6O2/c1-40-8-21-49(22-9-40)71(50-23-10-41(2)11-24-50)64-58-34-31-55(68-58)53(29-18-47-16-19-48(20-17-47)66(73)74)54-30-32-56(67-54)63(62-45(6)38-44(5)39-46(62)7)57-33-35-59(69-57)65(61-37-36-60(64)70-61)72(51-25-12-42(3)13-26-51)52-27-14-43(4)15-28-52/h8-17,19-28,30-39,67,70H,1-7H3,(H,73,74). The van der Waals surface area contributed by atoms with Gasteiger partial charge < -0.3 is 24.9 Å². The molecule has 2 aliphatic heterocycles. The Morgan fingerprint density at radius 1 is 0.419 bits per heavy atom. The van der Waals surface area contributed by atoms with Crippen LogP contribution in [0.25, 0.3) is 57.5 Å². The minimum Gasteiger partial charge on any atom is -0.478 e. The second-order valence-corrected chi connectivity index (χ2v) is 19.4. The molecule has 0 saturated heterocycles. The molecule has 6 aromatic carbocycles. The van der Waals surface area contributed by atoms with E-state index in [1.807, 2.05) is 6.08 Å². The van der Waals surface area contributed by atoms with Gasteiger partial charge in [-0.2, -0.15) is 0 Å². The summed E-state index contributed by atoms with van der Waals surface area (Å²) in [5, 5.41) is 9.66. The van der Waals surface area contributed by atoms with Gasteiger partial charge in [0.1, 0.15) is 0 Å². The number of hydrogen-bond donors (Lipinski definition) is 3. The Balaban J connectivity index is 1.32. The molecular formula is C66H54N6O2. The number of benzene rings is 6. The van der Waals surface area contributed by atoms with Gasteiger partial charge in [0.25, 0.3) is 0 Å². The zero-order valence-corrected chi connectivity index (χ0v) is 42.5. The predicted molar refractivity (Wildman–Crippen MR) is 306 cm³/mol. The van der Waals surface area contributed by atoms with Crippen molar-refractivity contribution in [2.45, 2.75) is 48.5 Å². The van der Waals surface area contributed by atoms with Crippen LogP contribution in [0.3, 0.4) is 0 Å². The molecule has 0 saturated carbocycles. The van der Waals surface area contributed by atoms with Crippen LogP contribution in [0.2, 0.25) is 0 Å². The van der Waals surface area contributed by atoms with Crippen molar-refractivity contribution in [3.63, 3.8) is 0 Å². The molecule has 0 amide bonds. The number of fused-ring (bicyclic) bond motifs is 8. The lowest BCUT2D eigenvalue weighted by Gasteiger charge is -2.27. The quantitative estimate of drug-likeness (QED) is 0.131. The van der Waals surface area contributed by atoms with Crippen LogP contribution in [0.5, 0.6) is 0 Å². The summed E-state index contributed by atoms with van der Waals surface area (Å²) in [6.07, 6.45) is 8.39. The number of nitrogens with one attached hydrogen (secondary N) is 2. The number of carbonyl (C=O) groups is 1. The van der Waals surface area contributed by atoms with Crippen LogP contribution in [0.1, 0.15) is 83.2 Å². The molecule has 0 atom stereocenters. The van der Waals surface area contributed by atoms with Gasteiger partial charge in [-0.05, 0) is 187 Å². The average molecular weight is 963 g/mol. The molecule has 0 aliphatic carbocycles. The number of H-pyrrole nitrogens is 2. The number of carboxylic acids is 1. The van der Waals surface area contributed by atoms with Crippen molar-refractivity contribution in [3.05, 3.63) is 236 Å². The first-order valence-electron chi connectivity index (χ1n) is 24.8. The van der Waals surface area contributed by atoms with E-state index in [0.717, 1.165) is 107 Å². The molecule has 74 heavy (non-hydrogen) atoms. The number of nitrogens with zero attached hydrogens (tertiary/aromatic N) is 4. The Bertz CT molecular complexity index is 3860. The monoisotopic (exact) mass is 962 g/mol. The van der Waals surface area contributed by atoms with E-state index >= 15 is 0 Å². The summed E-state index contributed by atoms with van der Waals surface area (Å²) >= 11 is 0. The molecule has 3 N–H and O–H groups in total. The molecule has 8 nitrogen and oxygen atoms in total. The number of aromatic amines is 2. The lowest BCUT2D eigenvalue weighted by Crippen LogP contribution is -2.12. The van der Waals surface area contributed by atoms with Gasteiger partial charge >= 0.3 is 5.97 Å². The number of carboxylic acid groups (broad SMARTS) is 1. The van der Waals surface area contributed by atoms with Crippen molar-refractivity contribution < 1.29 is 9.90 Å². The molecule has 9 aromatic rings. The Hall–Kier alpha value is -9.45. The van der Waals surface area contributed by atoms with Crippen molar-refractivity contribution in [2.75, 3.05) is 9.80 Å². The van der Waals surface area contributed by atoms with Crippen molar-refractivity contribution in [2.24, 2.45) is 0 Å². The van der Waals surface area contributed by atoms with E-state index in [-0.39, 0.29) is 5.56 Å². The highest BCUT2D eigenvalue weighted by Gasteiger charge is 2.25. The highest BCUT2D eigenvalue weighted by atomic mass is 16.4. The summed E-state index contributed by atoms with van der Waals surface area (Å²) in [6.45, 7) is 14.9. The molecule has 3 aromatic heterocycles. The predicted octanol–water partition coefficient (Wildman–Crippen LogP) is 16.5. The molecule has 0 unspecified atom stereocenters. The van der Waals surface area contributed by atoms with Gasteiger partial charge in [-0.3, -0.25) is 0 Å². The van der Waals surface area contributed by atoms with Crippen molar-refractivity contribution in [1.29, 1.82) is 0 Å². The minimum atomic E-state index is -0.989. The molecular weight excluding hydrogens is 909 g/mol. The highest BCUT2D eigenvalue weighted by molar-refractivity contribution is 6.01. The zero-order valence-electron chi connectivity index (χ0n) is 42.5. The summed E-state index contributed by atoms with van der Waals surface area (Å²) in [5.41, 5.74) is 23.6. The molecule has 2 aliphatic rings. The van der Waals surface area contributed by atoms with Gasteiger partial charge in [0, 0.05) is 39.4 Å². The van der Waals surface area contributed by atoms with E-state index in [1.165, 1.54) is 16.7 Å². The summed E-state index contributed by atoms with van der Waals surface area (Å²) < 4.78 is 0. The van der Waals surface area contributed by atoms with Crippen LogP contribution in [0.4, 0.5) is 34.1 Å². The third-order valence-electron chi connectivity index (χ3n) is 13.7. The smallest absolute Gasteiger partial charge is 0.335 e. The largest absolute Gasteiger partial charge is 0.478 e. The van der Waals surface area contributed by atoms with Crippen LogP contribution in [-0.2, 0) is 0 Å². The Labute approximate surface area is 431 Å². The third kappa shape index (κ3) is 9.08. The first-order chi connectivity index (χ1) is 35.8. The number of rotatable bonds is 8. The molecule has 5 heterocycles. The van der Waals surface area contributed by atoms with Crippen LogP contribution in [0, 0.1) is 60.3 Å². The van der Waals surface area contributed by atoms with Crippen LogP contribution in [0.15, 0.2) is 158 Å². The van der Waals surface area contributed by atoms with Crippen LogP contribution >= 0.6 is 0 Å². The summed E-state index contributed by atoms with van der Waals surface area (Å²) in [7, 11) is 0.